The van der Waals surface area contributed by atoms with Crippen LogP contribution in [0.25, 0.3) is 11.3 Å². The van der Waals surface area contributed by atoms with Crippen molar-refractivity contribution in [1.82, 2.24) is 19.9 Å². The summed E-state index contributed by atoms with van der Waals surface area (Å²) in [6.07, 6.45) is 4.81. The zero-order valence-corrected chi connectivity index (χ0v) is 15.9. The number of fused-ring (bicyclic) bond motifs is 3. The second-order valence-electron chi connectivity index (χ2n) is 7.84. The van der Waals surface area contributed by atoms with Gasteiger partial charge in [-0.05, 0) is 37.5 Å². The highest BCUT2D eigenvalue weighted by atomic mass is 35.5. The smallest absolute Gasteiger partial charge is 0.116 e. The molecule has 5 nitrogen and oxygen atoms in total. The summed E-state index contributed by atoms with van der Waals surface area (Å²) in [5.74, 6) is 1.54. The van der Waals surface area contributed by atoms with Crippen LogP contribution in [0.2, 0.25) is 0 Å². The summed E-state index contributed by atoms with van der Waals surface area (Å²) >= 11 is 0. The number of benzene rings is 1. The first kappa shape index (κ1) is 18.0. The number of halogens is 1. The van der Waals surface area contributed by atoms with Crippen LogP contribution < -0.4 is 0 Å². The van der Waals surface area contributed by atoms with E-state index in [-0.39, 0.29) is 12.4 Å². The molecule has 3 aliphatic rings. The molecule has 4 heterocycles. The Kier molecular flexibility index (Phi) is 5.30. The molecule has 2 saturated heterocycles. The van der Waals surface area contributed by atoms with Crippen LogP contribution in [0.1, 0.15) is 31.0 Å². The lowest BCUT2D eigenvalue weighted by Crippen LogP contribution is -2.31. The molecule has 140 valence electrons. The Morgan fingerprint density at radius 3 is 2.65 bits per heavy atom. The van der Waals surface area contributed by atoms with Gasteiger partial charge in [0.05, 0.1) is 11.7 Å². The molecule has 0 radical (unpaired) electrons. The van der Waals surface area contributed by atoms with E-state index in [0.717, 1.165) is 43.7 Å². The normalized spacial score (nSPS) is 26.2. The van der Waals surface area contributed by atoms with Gasteiger partial charge in [-0.2, -0.15) is 0 Å². The largest absolute Gasteiger partial charge is 0.381 e. The summed E-state index contributed by atoms with van der Waals surface area (Å²) in [7, 11) is 0. The first-order valence-corrected chi connectivity index (χ1v) is 9.68. The number of hydrogen-bond acceptors (Lipinski definition) is 4. The SMILES string of the molecule is Cl.c1ccc(-c2nnn3c2CC[C@@H]2CN(CC4CCOCC4)C[C@H]23)cc1. The minimum Gasteiger partial charge on any atom is -0.381 e. The number of nitrogens with zero attached hydrogens (tertiary/aromatic N) is 4. The lowest BCUT2D eigenvalue weighted by Gasteiger charge is -2.26. The Morgan fingerprint density at radius 1 is 1.04 bits per heavy atom. The van der Waals surface area contributed by atoms with E-state index in [1.54, 1.807) is 0 Å². The molecule has 0 bridgehead atoms. The van der Waals surface area contributed by atoms with Gasteiger partial charge in [-0.25, -0.2) is 4.68 Å². The number of rotatable bonds is 3. The predicted molar refractivity (Wildman–Crippen MR) is 104 cm³/mol. The van der Waals surface area contributed by atoms with Crippen LogP contribution in [0.15, 0.2) is 30.3 Å². The van der Waals surface area contributed by atoms with E-state index < -0.39 is 0 Å². The van der Waals surface area contributed by atoms with Crippen LogP contribution >= 0.6 is 12.4 Å². The molecule has 5 rings (SSSR count). The molecule has 1 aromatic heterocycles. The number of aromatic nitrogens is 3. The Morgan fingerprint density at radius 2 is 1.85 bits per heavy atom. The Bertz CT molecular complexity index is 729. The zero-order valence-electron chi connectivity index (χ0n) is 15.1. The minimum absolute atomic E-state index is 0. The number of ether oxygens (including phenoxy) is 1. The lowest BCUT2D eigenvalue weighted by molar-refractivity contribution is 0.0548. The predicted octanol–water partition coefficient (Wildman–Crippen LogP) is 3.21. The second kappa shape index (κ2) is 7.67. The highest BCUT2D eigenvalue weighted by Gasteiger charge is 2.40. The molecular formula is C20H27ClN4O. The molecule has 1 aromatic carbocycles. The maximum absolute atomic E-state index is 5.51. The van der Waals surface area contributed by atoms with Gasteiger partial charge in [0.2, 0.25) is 0 Å². The minimum atomic E-state index is 0. The van der Waals surface area contributed by atoms with Crippen molar-refractivity contribution in [3.05, 3.63) is 36.0 Å². The van der Waals surface area contributed by atoms with Crippen molar-refractivity contribution in [2.24, 2.45) is 11.8 Å². The maximum atomic E-state index is 5.51. The summed E-state index contributed by atoms with van der Waals surface area (Å²) in [5.41, 5.74) is 3.61. The van der Waals surface area contributed by atoms with Crippen LogP contribution in [-0.2, 0) is 11.2 Å². The molecule has 0 aliphatic carbocycles. The molecule has 2 atom stereocenters. The third kappa shape index (κ3) is 3.28. The van der Waals surface area contributed by atoms with Crippen LogP contribution in [0.5, 0.6) is 0 Å². The molecule has 0 amide bonds. The first-order valence-electron chi connectivity index (χ1n) is 9.68. The molecule has 0 N–H and O–H groups in total. The van der Waals surface area contributed by atoms with Crippen LogP contribution in [0.3, 0.4) is 0 Å². The molecule has 3 aliphatic heterocycles. The monoisotopic (exact) mass is 374 g/mol. The van der Waals surface area contributed by atoms with Gasteiger partial charge in [0, 0.05) is 38.4 Å². The fraction of sp³-hybridized carbons (Fsp3) is 0.600. The van der Waals surface area contributed by atoms with Gasteiger partial charge >= 0.3 is 0 Å². The summed E-state index contributed by atoms with van der Waals surface area (Å²) in [4.78, 5) is 2.67. The van der Waals surface area contributed by atoms with Gasteiger partial charge < -0.3 is 9.64 Å². The molecular weight excluding hydrogens is 348 g/mol. The van der Waals surface area contributed by atoms with Gasteiger partial charge in [0.25, 0.3) is 0 Å². The molecule has 6 heteroatoms. The highest BCUT2D eigenvalue weighted by molar-refractivity contribution is 5.85. The van der Waals surface area contributed by atoms with Gasteiger partial charge in [-0.15, -0.1) is 17.5 Å². The van der Waals surface area contributed by atoms with Crippen molar-refractivity contribution in [2.75, 3.05) is 32.8 Å². The van der Waals surface area contributed by atoms with Crippen molar-refractivity contribution in [3.63, 3.8) is 0 Å². The van der Waals surface area contributed by atoms with Crippen molar-refractivity contribution >= 4 is 12.4 Å². The van der Waals surface area contributed by atoms with Crippen LogP contribution in [-0.4, -0.2) is 52.7 Å². The van der Waals surface area contributed by atoms with E-state index >= 15 is 0 Å². The molecule has 2 aromatic rings. The average molecular weight is 375 g/mol. The van der Waals surface area contributed by atoms with Gasteiger partial charge in [-0.1, -0.05) is 35.5 Å². The van der Waals surface area contributed by atoms with E-state index in [0.29, 0.717) is 6.04 Å². The summed E-state index contributed by atoms with van der Waals surface area (Å²) in [5, 5.41) is 9.12. The summed E-state index contributed by atoms with van der Waals surface area (Å²) in [6, 6.07) is 11.0. The molecule has 0 unspecified atom stereocenters. The van der Waals surface area contributed by atoms with Crippen molar-refractivity contribution < 1.29 is 4.74 Å². The highest BCUT2D eigenvalue weighted by Crippen LogP contribution is 2.39. The Hall–Kier alpha value is -1.43. The van der Waals surface area contributed by atoms with Crippen molar-refractivity contribution in [1.29, 1.82) is 0 Å². The average Bonchev–Trinajstić information content (AvgIpc) is 3.26. The maximum Gasteiger partial charge on any atom is 0.116 e. The summed E-state index contributed by atoms with van der Waals surface area (Å²) < 4.78 is 7.76. The topological polar surface area (TPSA) is 43.2 Å². The number of likely N-dealkylation sites (tertiary alicyclic amines) is 1. The lowest BCUT2D eigenvalue weighted by atomic mass is 9.91. The standard InChI is InChI=1S/C20H26N4O.ClH/c1-2-4-16(5-3-1)20-18-7-6-17-13-23(12-15-8-10-25-11-9-15)14-19(17)24(18)22-21-20;/h1-5,15,17,19H,6-14H2;1H/t17-,19-;/m1./s1. The van der Waals surface area contributed by atoms with E-state index in [4.69, 9.17) is 4.74 Å². The quantitative estimate of drug-likeness (QED) is 0.827. The first-order chi connectivity index (χ1) is 12.4. The van der Waals surface area contributed by atoms with Crippen LogP contribution in [0.4, 0.5) is 0 Å². The van der Waals surface area contributed by atoms with Gasteiger partial charge in [0.15, 0.2) is 0 Å². The second-order valence-corrected chi connectivity index (χ2v) is 7.84. The Labute approximate surface area is 161 Å². The number of hydrogen-bond donors (Lipinski definition) is 0. The van der Waals surface area contributed by atoms with Crippen molar-refractivity contribution in [2.45, 2.75) is 31.7 Å². The molecule has 0 spiro atoms. The van der Waals surface area contributed by atoms with E-state index in [1.807, 2.05) is 0 Å². The summed E-state index contributed by atoms with van der Waals surface area (Å²) in [6.45, 7) is 5.47. The molecule has 26 heavy (non-hydrogen) atoms. The third-order valence-corrected chi connectivity index (χ3v) is 6.24. The van der Waals surface area contributed by atoms with E-state index in [1.165, 1.54) is 43.6 Å². The van der Waals surface area contributed by atoms with Crippen LogP contribution in [0, 0.1) is 11.8 Å². The van der Waals surface area contributed by atoms with Gasteiger partial charge in [-0.3, -0.25) is 0 Å². The molecule has 0 saturated carbocycles. The van der Waals surface area contributed by atoms with Gasteiger partial charge in [0.1, 0.15) is 5.69 Å². The Balaban J connectivity index is 0.00000168. The molecule has 2 fully saturated rings. The fourth-order valence-corrected chi connectivity index (χ4v) is 4.90. The van der Waals surface area contributed by atoms with E-state index in [9.17, 15) is 0 Å². The van der Waals surface area contributed by atoms with Crippen molar-refractivity contribution in [3.8, 4) is 11.3 Å². The third-order valence-electron chi connectivity index (χ3n) is 6.24. The zero-order chi connectivity index (χ0) is 16.6. The van der Waals surface area contributed by atoms with E-state index in [2.05, 4.69) is 50.2 Å². The fourth-order valence-electron chi connectivity index (χ4n) is 4.90.